The lowest BCUT2D eigenvalue weighted by Crippen LogP contribution is -2.72. The summed E-state index contributed by atoms with van der Waals surface area (Å²) in [6.07, 6.45) is -1.99. The fourth-order valence-corrected chi connectivity index (χ4v) is 7.54. The first-order valence-electron chi connectivity index (χ1n) is 15.1. The van der Waals surface area contributed by atoms with Crippen LogP contribution in [0.25, 0.3) is 11.1 Å². The summed E-state index contributed by atoms with van der Waals surface area (Å²) in [6, 6.07) is 26.4. The quantitative estimate of drug-likeness (QED) is 0.246. The first kappa shape index (κ1) is 30.7. The molecule has 3 aromatic rings. The van der Waals surface area contributed by atoms with Crippen molar-refractivity contribution in [1.29, 1.82) is 0 Å². The van der Waals surface area contributed by atoms with E-state index in [9.17, 15) is 0 Å². The van der Waals surface area contributed by atoms with Crippen LogP contribution in [-0.4, -0.2) is 63.0 Å². The molecule has 2 aliphatic heterocycles. The van der Waals surface area contributed by atoms with Gasteiger partial charge in [-0.15, -0.1) is 11.8 Å². The minimum absolute atomic E-state index is 0.304. The highest BCUT2D eigenvalue weighted by atomic mass is 32.2. The number of hydrogen-bond donors (Lipinski definition) is 0. The van der Waals surface area contributed by atoms with E-state index in [2.05, 4.69) is 45.0 Å². The zero-order valence-electron chi connectivity index (χ0n) is 25.6. The molecule has 6 rings (SSSR count). The summed E-state index contributed by atoms with van der Waals surface area (Å²) in [5.41, 5.74) is 4.47. The van der Waals surface area contributed by atoms with Crippen LogP contribution < -0.4 is 0 Å². The van der Waals surface area contributed by atoms with Crippen LogP contribution in [0.4, 0.5) is 0 Å². The van der Waals surface area contributed by atoms with Gasteiger partial charge in [0, 0.05) is 32.0 Å². The molecule has 0 radical (unpaired) electrons. The van der Waals surface area contributed by atoms with Crippen LogP contribution in [-0.2, 0) is 51.3 Å². The molecule has 7 atom stereocenters. The summed E-state index contributed by atoms with van der Waals surface area (Å²) >= 11 is 1.70. The lowest BCUT2D eigenvalue weighted by atomic mass is 9.75. The average Bonchev–Trinajstić information content (AvgIpc) is 3.04. The molecule has 0 amide bonds. The minimum atomic E-state index is -1.41. The van der Waals surface area contributed by atoms with E-state index in [1.165, 1.54) is 0 Å². The maximum atomic E-state index is 7.30. The summed E-state index contributed by atoms with van der Waals surface area (Å²) in [5, 5.41) is 0. The van der Waals surface area contributed by atoms with E-state index in [1.807, 2.05) is 54.6 Å². The molecular weight excluding hydrogens is 564 g/mol. The van der Waals surface area contributed by atoms with Gasteiger partial charge < -0.3 is 33.2 Å². The van der Waals surface area contributed by atoms with Crippen molar-refractivity contribution < 1.29 is 33.2 Å². The molecule has 0 saturated carbocycles. The molecule has 0 unspecified atom stereocenters. The fraction of sp³-hybridized carbons (Fsp3) is 0.486. The molecule has 230 valence electrons. The highest BCUT2D eigenvalue weighted by Crippen LogP contribution is 2.60. The van der Waals surface area contributed by atoms with Crippen LogP contribution in [0.1, 0.15) is 37.5 Å². The van der Waals surface area contributed by atoms with Gasteiger partial charge in [0.05, 0.1) is 13.2 Å². The summed E-state index contributed by atoms with van der Waals surface area (Å²) in [5.74, 6) is -1.59. The molecule has 1 aliphatic carbocycles. The Bertz CT molecular complexity index is 1370. The number of thioether (sulfide) groups is 1. The van der Waals surface area contributed by atoms with Gasteiger partial charge in [-0.25, -0.2) is 0 Å². The van der Waals surface area contributed by atoms with Gasteiger partial charge in [0.25, 0.3) is 11.6 Å². The van der Waals surface area contributed by atoms with Crippen molar-refractivity contribution in [1.82, 2.24) is 0 Å². The van der Waals surface area contributed by atoms with Crippen molar-refractivity contribution in [2.45, 2.75) is 68.8 Å². The first-order valence-corrected chi connectivity index (χ1v) is 16.2. The van der Waals surface area contributed by atoms with Crippen molar-refractivity contribution in [3.63, 3.8) is 0 Å². The lowest BCUT2D eigenvalue weighted by molar-refractivity contribution is -0.498. The largest absolute Gasteiger partial charge is 0.378 e. The standard InChI is InChI=1S/C35H42O7S/c1-6-43-33-32(39-21-24-14-8-7-9-15-24)31-30(29(40-33)22-38-20-23(2)3)41-34(36-4)27-18-12-10-16-25(27)26-17-11-13-19-28(26)35(34,37-5)42-31/h7-19,23,29-33H,6,20-22H2,1-5H3/t29-,30-,31+,32+,33-,34+,35+/m1/s1. The SMILES string of the molecule is CCS[C@H]1O[C@H](COCC(C)C)[C@H]2O[C@@]3(OC)c4ccccc4-c4ccccc4[C@]3(OC)O[C@@H]2[C@@H]1OCc1ccccc1. The second-order valence-corrected chi connectivity index (χ2v) is 13.0. The fourth-order valence-electron chi connectivity index (χ4n) is 6.56. The number of ether oxygens (including phenoxy) is 7. The minimum Gasteiger partial charge on any atom is -0.378 e. The molecule has 8 heteroatoms. The third-order valence-corrected chi connectivity index (χ3v) is 9.45. The van der Waals surface area contributed by atoms with E-state index in [-0.39, 0.29) is 5.44 Å². The third-order valence-electron chi connectivity index (χ3n) is 8.41. The van der Waals surface area contributed by atoms with Gasteiger partial charge in [-0.05, 0) is 28.4 Å². The predicted molar refractivity (Wildman–Crippen MR) is 166 cm³/mol. The molecule has 2 heterocycles. The molecular formula is C35H42O7S. The monoisotopic (exact) mass is 606 g/mol. The summed E-state index contributed by atoms with van der Waals surface area (Å²) < 4.78 is 47.1. The Morgan fingerprint density at radius 3 is 1.95 bits per heavy atom. The van der Waals surface area contributed by atoms with Crippen LogP contribution >= 0.6 is 11.8 Å². The third kappa shape index (κ3) is 5.36. The Hall–Kier alpha value is -2.27. The Morgan fingerprint density at radius 2 is 1.37 bits per heavy atom. The Labute approximate surface area is 259 Å². The molecule has 3 aromatic carbocycles. The predicted octanol–water partition coefficient (Wildman–Crippen LogP) is 6.49. The first-order chi connectivity index (χ1) is 21.0. The van der Waals surface area contributed by atoms with Crippen molar-refractivity contribution in [2.75, 3.05) is 33.2 Å². The van der Waals surface area contributed by atoms with E-state index in [0.717, 1.165) is 33.6 Å². The second kappa shape index (κ2) is 13.0. The van der Waals surface area contributed by atoms with Crippen LogP contribution in [0.3, 0.4) is 0 Å². The molecule has 0 N–H and O–H groups in total. The number of rotatable bonds is 11. The Morgan fingerprint density at radius 1 is 0.791 bits per heavy atom. The normalized spacial score (nSPS) is 31.2. The van der Waals surface area contributed by atoms with Gasteiger partial charge >= 0.3 is 0 Å². The molecule has 7 nitrogen and oxygen atoms in total. The molecule has 2 fully saturated rings. The van der Waals surface area contributed by atoms with Gasteiger partial charge in [0.15, 0.2) is 0 Å². The zero-order chi connectivity index (χ0) is 30.0. The molecule has 0 spiro atoms. The summed E-state index contributed by atoms with van der Waals surface area (Å²) in [7, 11) is 3.30. The topological polar surface area (TPSA) is 64.6 Å². The lowest BCUT2D eigenvalue weighted by Gasteiger charge is -2.60. The van der Waals surface area contributed by atoms with E-state index in [0.29, 0.717) is 25.7 Å². The molecule has 2 saturated heterocycles. The van der Waals surface area contributed by atoms with Crippen LogP contribution in [0.5, 0.6) is 0 Å². The summed E-state index contributed by atoms with van der Waals surface area (Å²) in [4.78, 5) is 0. The van der Waals surface area contributed by atoms with E-state index < -0.39 is 36.0 Å². The zero-order valence-corrected chi connectivity index (χ0v) is 26.4. The van der Waals surface area contributed by atoms with Crippen molar-refractivity contribution in [3.8, 4) is 11.1 Å². The van der Waals surface area contributed by atoms with Crippen LogP contribution in [0.2, 0.25) is 0 Å². The van der Waals surface area contributed by atoms with Crippen molar-refractivity contribution in [3.05, 3.63) is 95.6 Å². The van der Waals surface area contributed by atoms with E-state index >= 15 is 0 Å². The van der Waals surface area contributed by atoms with Crippen LogP contribution in [0.15, 0.2) is 78.9 Å². The van der Waals surface area contributed by atoms with Crippen LogP contribution in [0, 0.1) is 5.92 Å². The van der Waals surface area contributed by atoms with Gasteiger partial charge in [0.1, 0.15) is 29.9 Å². The van der Waals surface area contributed by atoms with Crippen molar-refractivity contribution >= 4 is 11.8 Å². The van der Waals surface area contributed by atoms with E-state index in [1.54, 1.807) is 26.0 Å². The number of fused-ring (bicyclic) bond motifs is 7. The maximum Gasteiger partial charge on any atom is 0.256 e. The number of benzene rings is 3. The molecule has 0 aromatic heterocycles. The van der Waals surface area contributed by atoms with Gasteiger partial charge in [-0.3, -0.25) is 0 Å². The van der Waals surface area contributed by atoms with Gasteiger partial charge in [-0.2, -0.15) is 0 Å². The Balaban J connectivity index is 1.46. The van der Waals surface area contributed by atoms with Gasteiger partial charge in [-0.1, -0.05) is 99.6 Å². The molecule has 3 aliphatic rings. The molecule has 43 heavy (non-hydrogen) atoms. The summed E-state index contributed by atoms with van der Waals surface area (Å²) in [6.45, 7) is 7.77. The number of hydrogen-bond acceptors (Lipinski definition) is 8. The molecule has 0 bridgehead atoms. The van der Waals surface area contributed by atoms with Gasteiger partial charge in [0.2, 0.25) is 0 Å². The van der Waals surface area contributed by atoms with Crippen molar-refractivity contribution in [2.24, 2.45) is 5.92 Å². The highest BCUT2D eigenvalue weighted by Gasteiger charge is 2.70. The Kier molecular flexibility index (Phi) is 9.29. The average molecular weight is 607 g/mol. The van der Waals surface area contributed by atoms with E-state index in [4.69, 9.17) is 33.2 Å². The maximum absolute atomic E-state index is 7.30. The second-order valence-electron chi connectivity index (χ2n) is 11.6. The highest BCUT2D eigenvalue weighted by molar-refractivity contribution is 7.99. The number of methoxy groups -OCH3 is 2. The smallest absolute Gasteiger partial charge is 0.256 e.